The Morgan fingerprint density at radius 3 is 2.00 bits per heavy atom. The molecular formula is C28H54N3O+. The first-order chi connectivity index (χ1) is 15.6. The number of amides is 1. The highest BCUT2D eigenvalue weighted by atomic mass is 16.1. The molecule has 0 aliphatic carbocycles. The van der Waals surface area contributed by atoms with E-state index in [1.165, 1.54) is 96.3 Å². The molecule has 4 heteroatoms. The Morgan fingerprint density at radius 2 is 1.47 bits per heavy atom. The molecule has 1 aliphatic heterocycles. The Kier molecular flexibility index (Phi) is 16.5. The van der Waals surface area contributed by atoms with Crippen LogP contribution in [0.25, 0.3) is 0 Å². The van der Waals surface area contributed by atoms with E-state index in [9.17, 15) is 4.79 Å². The number of allylic oxidation sites excluding steroid dienone is 2. The van der Waals surface area contributed by atoms with Crippen LogP contribution in [0.4, 0.5) is 0 Å². The van der Waals surface area contributed by atoms with E-state index in [0.717, 1.165) is 24.0 Å². The van der Waals surface area contributed by atoms with Crippen molar-refractivity contribution in [2.24, 2.45) is 4.99 Å². The number of carbonyl (C=O) groups is 1. The van der Waals surface area contributed by atoms with Gasteiger partial charge in [-0.2, -0.15) is 0 Å². The number of unbranched alkanes of at least 4 members (excludes halogenated alkanes) is 13. The first-order valence-electron chi connectivity index (χ1n) is 13.9. The Bertz CT molecular complexity index is 531. The molecular weight excluding hydrogens is 394 g/mol. The van der Waals surface area contributed by atoms with Crippen LogP contribution in [0.1, 0.15) is 130 Å². The van der Waals surface area contributed by atoms with Crippen molar-refractivity contribution in [3.63, 3.8) is 0 Å². The van der Waals surface area contributed by atoms with Gasteiger partial charge in [0.25, 0.3) is 0 Å². The summed E-state index contributed by atoms with van der Waals surface area (Å²) in [5.74, 6) is 0.0543. The fourth-order valence-electron chi connectivity index (χ4n) is 5.11. The van der Waals surface area contributed by atoms with E-state index in [2.05, 4.69) is 44.5 Å². The van der Waals surface area contributed by atoms with Gasteiger partial charge in [-0.25, -0.2) is 4.99 Å². The van der Waals surface area contributed by atoms with Crippen LogP contribution in [0.15, 0.2) is 17.1 Å². The minimum absolute atomic E-state index is 0.0543. The highest BCUT2D eigenvalue weighted by molar-refractivity contribution is 5.73. The highest BCUT2D eigenvalue weighted by Gasteiger charge is 2.42. The van der Waals surface area contributed by atoms with Crippen LogP contribution in [0.2, 0.25) is 0 Å². The zero-order chi connectivity index (χ0) is 23.5. The molecule has 0 fully saturated rings. The zero-order valence-corrected chi connectivity index (χ0v) is 21.9. The summed E-state index contributed by atoms with van der Waals surface area (Å²) in [6.45, 7) is 10.2. The minimum Gasteiger partial charge on any atom is -0.307 e. The largest absolute Gasteiger partial charge is 0.307 e. The van der Waals surface area contributed by atoms with Crippen molar-refractivity contribution in [2.75, 3.05) is 13.1 Å². The summed E-state index contributed by atoms with van der Waals surface area (Å²) < 4.78 is 0.873. The van der Waals surface area contributed by atoms with Gasteiger partial charge in [-0.15, -0.1) is 0 Å². The molecule has 0 saturated heterocycles. The maximum absolute atomic E-state index is 11.5. The average Bonchev–Trinajstić information content (AvgIpc) is 3.19. The molecule has 3 atom stereocenters. The number of quaternary nitrogens is 1. The third-order valence-corrected chi connectivity index (χ3v) is 7.29. The van der Waals surface area contributed by atoms with Gasteiger partial charge in [0.2, 0.25) is 5.91 Å². The number of aliphatic imine (C=N–C) groups is 1. The van der Waals surface area contributed by atoms with E-state index in [1.54, 1.807) is 6.92 Å². The van der Waals surface area contributed by atoms with Crippen molar-refractivity contribution in [1.82, 2.24) is 5.32 Å². The Labute approximate surface area is 199 Å². The van der Waals surface area contributed by atoms with Gasteiger partial charge in [-0.3, -0.25) is 9.28 Å². The summed E-state index contributed by atoms with van der Waals surface area (Å²) in [6.07, 6.45) is 28.8. The monoisotopic (exact) mass is 448 g/mol. The number of carbonyl (C=O) groups excluding carboxylic acids is 1. The van der Waals surface area contributed by atoms with E-state index in [-0.39, 0.29) is 12.1 Å². The van der Waals surface area contributed by atoms with Crippen LogP contribution in [0.5, 0.6) is 0 Å². The van der Waals surface area contributed by atoms with Crippen molar-refractivity contribution in [3.05, 3.63) is 12.2 Å². The topological polar surface area (TPSA) is 41.5 Å². The van der Waals surface area contributed by atoms with Gasteiger partial charge in [0.1, 0.15) is 6.54 Å². The van der Waals surface area contributed by atoms with Gasteiger partial charge < -0.3 is 5.32 Å². The van der Waals surface area contributed by atoms with Gasteiger partial charge in [0, 0.05) is 20.3 Å². The molecule has 0 radical (unpaired) electrons. The number of hydrogen-bond acceptors (Lipinski definition) is 2. The normalized spacial score (nSPS) is 21.4. The molecule has 1 rings (SSSR count). The van der Waals surface area contributed by atoms with Crippen LogP contribution < -0.4 is 5.32 Å². The van der Waals surface area contributed by atoms with Crippen LogP contribution >= 0.6 is 0 Å². The quantitative estimate of drug-likeness (QED) is 0.117. The number of nitrogens with one attached hydrogen (secondary N) is 1. The SMILES string of the molecule is CCCCCCCCCCCC/C=C/CCCCCC1N=CC[N+]1(CC)C(C)NC(C)=O. The minimum atomic E-state index is 0.0543. The van der Waals surface area contributed by atoms with Gasteiger partial charge in [-0.05, 0) is 39.0 Å². The molecule has 1 heterocycles. The molecule has 0 aromatic heterocycles. The predicted octanol–water partition coefficient (Wildman–Crippen LogP) is 7.53. The molecule has 0 saturated carbocycles. The van der Waals surface area contributed by atoms with Crippen molar-refractivity contribution in [3.8, 4) is 0 Å². The van der Waals surface area contributed by atoms with Crippen molar-refractivity contribution in [2.45, 2.75) is 143 Å². The van der Waals surface area contributed by atoms with Crippen molar-refractivity contribution < 1.29 is 9.28 Å². The zero-order valence-electron chi connectivity index (χ0n) is 21.9. The lowest BCUT2D eigenvalue weighted by atomic mass is 10.1. The molecule has 186 valence electrons. The number of rotatable bonds is 20. The van der Waals surface area contributed by atoms with Crippen LogP contribution in [0, 0.1) is 0 Å². The summed E-state index contributed by atoms with van der Waals surface area (Å²) in [5, 5.41) is 3.11. The Morgan fingerprint density at radius 1 is 0.938 bits per heavy atom. The Balaban J connectivity index is 2.02. The predicted molar refractivity (Wildman–Crippen MR) is 140 cm³/mol. The summed E-state index contributed by atoms with van der Waals surface area (Å²) >= 11 is 0. The third-order valence-electron chi connectivity index (χ3n) is 7.29. The Hall–Kier alpha value is -1.16. The fourth-order valence-corrected chi connectivity index (χ4v) is 5.11. The maximum Gasteiger partial charge on any atom is 0.221 e. The van der Waals surface area contributed by atoms with Gasteiger partial charge in [0.05, 0.1) is 12.8 Å². The average molecular weight is 449 g/mol. The molecule has 3 unspecified atom stereocenters. The fraction of sp³-hybridized carbons (Fsp3) is 0.857. The van der Waals surface area contributed by atoms with Gasteiger partial charge >= 0.3 is 0 Å². The van der Waals surface area contributed by atoms with E-state index >= 15 is 0 Å². The second-order valence-corrected chi connectivity index (χ2v) is 9.87. The van der Waals surface area contributed by atoms with Crippen LogP contribution in [0.3, 0.4) is 0 Å². The van der Waals surface area contributed by atoms with Crippen molar-refractivity contribution >= 4 is 12.1 Å². The standard InChI is InChI=1S/C28H53N3O/c1-5-7-8-9-10-11-12-13-14-15-16-17-18-19-20-21-22-23-28-29-24-25-31(28,6-2)26(3)30-27(4)32/h17-18,24,26,28H,5-16,19-23,25H2,1-4H3/p+1/b18-17+. The molecule has 1 amide bonds. The number of nitrogens with zero attached hydrogens (tertiary/aromatic N) is 2. The van der Waals surface area contributed by atoms with E-state index in [0.29, 0.717) is 6.17 Å². The second-order valence-electron chi connectivity index (χ2n) is 9.87. The van der Waals surface area contributed by atoms with E-state index in [4.69, 9.17) is 4.99 Å². The maximum atomic E-state index is 11.5. The first-order valence-corrected chi connectivity index (χ1v) is 13.9. The highest BCUT2D eigenvalue weighted by Crippen LogP contribution is 2.27. The summed E-state index contributed by atoms with van der Waals surface area (Å²) in [5.41, 5.74) is 0. The summed E-state index contributed by atoms with van der Waals surface area (Å²) in [6, 6.07) is 0. The van der Waals surface area contributed by atoms with Gasteiger partial charge in [-0.1, -0.05) is 83.3 Å². The second kappa shape index (κ2) is 18.3. The molecule has 1 N–H and O–H groups in total. The van der Waals surface area contributed by atoms with Crippen LogP contribution in [-0.2, 0) is 4.79 Å². The molecule has 1 aliphatic rings. The molecule has 0 aromatic rings. The van der Waals surface area contributed by atoms with E-state index in [1.807, 2.05) is 0 Å². The molecule has 0 aromatic carbocycles. The lowest BCUT2D eigenvalue weighted by Crippen LogP contribution is -2.63. The van der Waals surface area contributed by atoms with E-state index < -0.39 is 0 Å². The summed E-state index contributed by atoms with van der Waals surface area (Å²) in [4.78, 5) is 16.3. The molecule has 32 heavy (non-hydrogen) atoms. The summed E-state index contributed by atoms with van der Waals surface area (Å²) in [7, 11) is 0. The lowest BCUT2D eigenvalue weighted by molar-refractivity contribution is -0.959. The molecule has 0 spiro atoms. The number of hydrogen-bond donors (Lipinski definition) is 1. The first kappa shape index (κ1) is 28.9. The molecule has 4 nitrogen and oxygen atoms in total. The lowest BCUT2D eigenvalue weighted by Gasteiger charge is -2.42. The van der Waals surface area contributed by atoms with Gasteiger partial charge in [0.15, 0.2) is 12.3 Å². The smallest absolute Gasteiger partial charge is 0.221 e. The third kappa shape index (κ3) is 11.6. The van der Waals surface area contributed by atoms with Crippen molar-refractivity contribution in [1.29, 1.82) is 0 Å². The molecule has 0 bridgehead atoms. The van der Waals surface area contributed by atoms with Crippen LogP contribution in [-0.4, -0.2) is 42.0 Å².